The van der Waals surface area contributed by atoms with Crippen LogP contribution in [0.4, 0.5) is 0 Å². The number of hydrogen-bond donors (Lipinski definition) is 1. The first kappa shape index (κ1) is 7.85. The molecule has 0 saturated heterocycles. The van der Waals surface area contributed by atoms with Crippen LogP contribution in [0.3, 0.4) is 0 Å². The maximum atomic E-state index is 10.7. The van der Waals surface area contributed by atoms with Gasteiger partial charge in [0.15, 0.2) is 0 Å². The van der Waals surface area contributed by atoms with E-state index in [9.17, 15) is 4.79 Å². The number of rotatable bonds is 1. The summed E-state index contributed by atoms with van der Waals surface area (Å²) < 4.78 is 3.35. The van der Waals surface area contributed by atoms with Crippen LogP contribution in [-0.2, 0) is 0 Å². The molecule has 0 radical (unpaired) electrons. The zero-order chi connectivity index (χ0) is 8.55. The van der Waals surface area contributed by atoms with E-state index in [-0.39, 0.29) is 20.4 Å². The molecule has 1 heterocycles. The second kappa shape index (κ2) is 2.93. The average molecular weight is 274 g/mol. The molecular formula is C9H6O2Te. The van der Waals surface area contributed by atoms with E-state index in [0.29, 0.717) is 5.56 Å². The molecule has 1 aromatic carbocycles. The summed E-state index contributed by atoms with van der Waals surface area (Å²) in [7, 11) is 0. The van der Waals surface area contributed by atoms with Crippen molar-refractivity contribution in [3.63, 3.8) is 0 Å². The summed E-state index contributed by atoms with van der Waals surface area (Å²) >= 11 is -0.231. The molecule has 0 aliphatic rings. The fourth-order valence-electron chi connectivity index (χ4n) is 1.18. The molecule has 0 aliphatic heterocycles. The van der Waals surface area contributed by atoms with Gasteiger partial charge in [-0.25, -0.2) is 0 Å². The van der Waals surface area contributed by atoms with Crippen molar-refractivity contribution >= 4 is 35.2 Å². The van der Waals surface area contributed by atoms with Crippen LogP contribution in [0.1, 0.15) is 10.4 Å². The van der Waals surface area contributed by atoms with Crippen LogP contribution >= 0.6 is 0 Å². The predicted molar refractivity (Wildman–Crippen MR) is 47.8 cm³/mol. The van der Waals surface area contributed by atoms with E-state index >= 15 is 0 Å². The van der Waals surface area contributed by atoms with Crippen molar-refractivity contribution in [2.24, 2.45) is 0 Å². The Bertz CT molecular complexity index is 431. The third kappa shape index (κ3) is 1.16. The number of carboxylic acid groups (broad SMARTS) is 1. The summed E-state index contributed by atoms with van der Waals surface area (Å²) in [6, 6.07) is 7.43. The predicted octanol–water partition coefficient (Wildman–Crippen LogP) is 1.59. The molecule has 2 rings (SSSR count). The van der Waals surface area contributed by atoms with Crippen LogP contribution < -0.4 is 0 Å². The summed E-state index contributed by atoms with van der Waals surface area (Å²) in [5.74, 6) is -0.828. The van der Waals surface area contributed by atoms with Gasteiger partial charge >= 0.3 is 79.0 Å². The fourth-order valence-corrected chi connectivity index (χ4v) is 3.50. The van der Waals surface area contributed by atoms with Gasteiger partial charge < -0.3 is 0 Å². The Balaban J connectivity index is 2.82. The Morgan fingerprint density at radius 3 is 2.92 bits per heavy atom. The van der Waals surface area contributed by atoms with Gasteiger partial charge in [0.2, 0.25) is 0 Å². The van der Waals surface area contributed by atoms with Crippen molar-refractivity contribution in [2.45, 2.75) is 0 Å². The molecule has 1 N–H and O–H groups in total. The monoisotopic (exact) mass is 276 g/mol. The number of aromatic carboxylic acids is 1. The zero-order valence-corrected chi connectivity index (χ0v) is 8.48. The van der Waals surface area contributed by atoms with Crippen molar-refractivity contribution in [1.82, 2.24) is 0 Å². The van der Waals surface area contributed by atoms with E-state index in [0.717, 1.165) is 5.39 Å². The van der Waals surface area contributed by atoms with Gasteiger partial charge in [-0.2, -0.15) is 0 Å². The number of carboxylic acids is 1. The van der Waals surface area contributed by atoms with Crippen molar-refractivity contribution in [3.05, 3.63) is 33.9 Å². The Morgan fingerprint density at radius 2 is 2.17 bits per heavy atom. The Hall–Kier alpha value is -0.780. The first-order valence-electron chi connectivity index (χ1n) is 3.48. The van der Waals surface area contributed by atoms with Crippen molar-refractivity contribution in [1.29, 1.82) is 0 Å². The topological polar surface area (TPSA) is 37.3 Å². The average Bonchev–Trinajstić information content (AvgIpc) is 2.49. The molecular weight excluding hydrogens is 268 g/mol. The van der Waals surface area contributed by atoms with E-state index in [2.05, 4.69) is 4.08 Å². The third-order valence-electron chi connectivity index (χ3n) is 1.73. The fraction of sp³-hybridized carbons (Fsp3) is 0. The van der Waals surface area contributed by atoms with Gasteiger partial charge in [0.1, 0.15) is 0 Å². The van der Waals surface area contributed by atoms with Crippen molar-refractivity contribution in [2.75, 3.05) is 0 Å². The first-order chi connectivity index (χ1) is 5.79. The van der Waals surface area contributed by atoms with Gasteiger partial charge in [0.05, 0.1) is 0 Å². The molecule has 3 heteroatoms. The molecule has 0 amide bonds. The van der Waals surface area contributed by atoms with E-state index in [1.165, 1.54) is 3.40 Å². The summed E-state index contributed by atoms with van der Waals surface area (Å²) in [6.45, 7) is 0. The molecule has 12 heavy (non-hydrogen) atoms. The van der Waals surface area contributed by atoms with Gasteiger partial charge in [0, 0.05) is 0 Å². The molecule has 0 spiro atoms. The number of fused-ring (bicyclic) bond motifs is 1. The van der Waals surface area contributed by atoms with E-state index in [1.807, 2.05) is 18.2 Å². The summed E-state index contributed by atoms with van der Waals surface area (Å²) in [4.78, 5) is 10.7. The molecule has 0 fully saturated rings. The van der Waals surface area contributed by atoms with Crippen LogP contribution in [0.25, 0.3) is 8.79 Å². The molecule has 1 aromatic heterocycles. The van der Waals surface area contributed by atoms with E-state index in [1.54, 1.807) is 6.07 Å². The molecule has 2 aromatic rings. The van der Waals surface area contributed by atoms with E-state index < -0.39 is 5.97 Å². The van der Waals surface area contributed by atoms with E-state index in [4.69, 9.17) is 5.11 Å². The number of carbonyl (C=O) groups is 1. The second-order valence-electron chi connectivity index (χ2n) is 2.44. The molecule has 60 valence electrons. The van der Waals surface area contributed by atoms with Crippen molar-refractivity contribution in [3.8, 4) is 0 Å². The third-order valence-corrected chi connectivity index (χ3v) is 4.24. The van der Waals surface area contributed by atoms with Crippen LogP contribution in [0.5, 0.6) is 0 Å². The first-order valence-corrected chi connectivity index (χ1v) is 5.99. The SMILES string of the molecule is O=C(O)c1cccc2[te]ccc12. The zero-order valence-electron chi connectivity index (χ0n) is 6.15. The molecule has 0 unspecified atom stereocenters. The number of hydrogen-bond acceptors (Lipinski definition) is 1. The molecule has 0 atom stereocenters. The van der Waals surface area contributed by atoms with Crippen LogP contribution in [-0.4, -0.2) is 31.5 Å². The van der Waals surface area contributed by atoms with Crippen LogP contribution in [0.15, 0.2) is 28.3 Å². The Labute approximate surface area is 79.1 Å². The van der Waals surface area contributed by atoms with Gasteiger partial charge in [0.25, 0.3) is 0 Å². The van der Waals surface area contributed by atoms with Crippen LogP contribution in [0.2, 0.25) is 0 Å². The number of benzene rings is 1. The van der Waals surface area contributed by atoms with Gasteiger partial charge in [-0.1, -0.05) is 0 Å². The molecule has 0 saturated carbocycles. The minimum atomic E-state index is -0.828. The van der Waals surface area contributed by atoms with Gasteiger partial charge in [-0.15, -0.1) is 0 Å². The molecule has 0 bridgehead atoms. The normalized spacial score (nSPS) is 10.3. The van der Waals surface area contributed by atoms with Gasteiger partial charge in [-0.3, -0.25) is 0 Å². The summed E-state index contributed by atoms with van der Waals surface area (Å²) in [6.07, 6.45) is 0. The standard InChI is InChI=1S/C9H6O2Te/c10-9(11)7-2-1-3-8-6(7)4-5-12-8/h1-5H,(H,10,11). The molecule has 0 aliphatic carbocycles. The Morgan fingerprint density at radius 1 is 1.33 bits per heavy atom. The maximum absolute atomic E-state index is 10.7. The van der Waals surface area contributed by atoms with Gasteiger partial charge in [-0.05, 0) is 0 Å². The summed E-state index contributed by atoms with van der Waals surface area (Å²) in [5, 5.41) is 9.75. The van der Waals surface area contributed by atoms with Crippen LogP contribution in [0, 0.1) is 0 Å². The second-order valence-corrected chi connectivity index (χ2v) is 5.15. The summed E-state index contributed by atoms with van der Waals surface area (Å²) in [5.41, 5.74) is 0.436. The quantitative estimate of drug-likeness (QED) is 0.802. The van der Waals surface area contributed by atoms with Crippen molar-refractivity contribution < 1.29 is 9.90 Å². The molecule has 2 nitrogen and oxygen atoms in total. The Kier molecular flexibility index (Phi) is 1.92. The minimum absolute atomic E-state index is 0.231.